The van der Waals surface area contributed by atoms with Gasteiger partial charge in [-0.1, -0.05) is 33.1 Å². The highest BCUT2D eigenvalue weighted by Gasteiger charge is 2.28. The number of aromatic nitrogens is 2. The van der Waals surface area contributed by atoms with Gasteiger partial charge < -0.3 is 5.32 Å². The van der Waals surface area contributed by atoms with E-state index in [2.05, 4.69) is 30.5 Å². The maximum atomic E-state index is 4.33. The Morgan fingerprint density at radius 2 is 2.28 bits per heavy atom. The third kappa shape index (κ3) is 3.14. The summed E-state index contributed by atoms with van der Waals surface area (Å²) in [7, 11) is 2.00. The standard InChI is InChI=1S/C15H27N3/c1-4-12-7-6-8-13(9-12)15(16-5-2)14-10-17-18(3)11-14/h10-13,15-16H,4-9H2,1-3H3. The fourth-order valence-corrected chi connectivity index (χ4v) is 3.38. The molecule has 0 aromatic carbocycles. The number of aryl methyl sites for hydroxylation is 1. The summed E-state index contributed by atoms with van der Waals surface area (Å²) in [4.78, 5) is 0. The van der Waals surface area contributed by atoms with E-state index < -0.39 is 0 Å². The Balaban J connectivity index is 2.09. The lowest BCUT2D eigenvalue weighted by molar-refractivity contribution is 0.210. The smallest absolute Gasteiger partial charge is 0.0537 e. The first-order valence-electron chi connectivity index (χ1n) is 7.46. The van der Waals surface area contributed by atoms with Gasteiger partial charge in [-0.3, -0.25) is 4.68 Å². The first kappa shape index (κ1) is 13.6. The summed E-state index contributed by atoms with van der Waals surface area (Å²) in [6.45, 7) is 5.57. The first-order chi connectivity index (χ1) is 8.74. The fraction of sp³-hybridized carbons (Fsp3) is 0.800. The first-order valence-corrected chi connectivity index (χ1v) is 7.46. The maximum Gasteiger partial charge on any atom is 0.0537 e. The van der Waals surface area contributed by atoms with E-state index in [4.69, 9.17) is 0 Å². The van der Waals surface area contributed by atoms with Crippen LogP contribution >= 0.6 is 0 Å². The van der Waals surface area contributed by atoms with Crippen molar-refractivity contribution in [2.24, 2.45) is 18.9 Å². The molecule has 1 N–H and O–H groups in total. The number of nitrogens with one attached hydrogen (secondary N) is 1. The van der Waals surface area contributed by atoms with Crippen LogP contribution in [0.2, 0.25) is 0 Å². The van der Waals surface area contributed by atoms with Crippen molar-refractivity contribution < 1.29 is 0 Å². The van der Waals surface area contributed by atoms with Gasteiger partial charge in [0.25, 0.3) is 0 Å². The van der Waals surface area contributed by atoms with Gasteiger partial charge in [-0.15, -0.1) is 0 Å². The lowest BCUT2D eigenvalue weighted by Gasteiger charge is -2.34. The Bertz CT molecular complexity index is 358. The zero-order chi connectivity index (χ0) is 13.0. The Kier molecular flexibility index (Phi) is 4.81. The second kappa shape index (κ2) is 6.37. The quantitative estimate of drug-likeness (QED) is 0.868. The molecule has 1 aromatic heterocycles. The lowest BCUT2D eigenvalue weighted by atomic mass is 9.75. The van der Waals surface area contributed by atoms with Gasteiger partial charge in [-0.2, -0.15) is 5.10 Å². The van der Waals surface area contributed by atoms with E-state index in [9.17, 15) is 0 Å². The zero-order valence-corrected chi connectivity index (χ0v) is 12.0. The third-order valence-electron chi connectivity index (χ3n) is 4.38. The topological polar surface area (TPSA) is 29.9 Å². The Morgan fingerprint density at radius 3 is 2.89 bits per heavy atom. The summed E-state index contributed by atoms with van der Waals surface area (Å²) in [6, 6.07) is 0.498. The predicted octanol–water partition coefficient (Wildman–Crippen LogP) is 3.29. The Labute approximate surface area is 111 Å². The number of hydrogen-bond donors (Lipinski definition) is 1. The van der Waals surface area contributed by atoms with Gasteiger partial charge in [-0.05, 0) is 31.2 Å². The molecule has 102 valence electrons. The van der Waals surface area contributed by atoms with Gasteiger partial charge in [0.05, 0.1) is 6.20 Å². The van der Waals surface area contributed by atoms with Crippen LogP contribution < -0.4 is 5.32 Å². The average Bonchev–Trinajstić information content (AvgIpc) is 2.82. The summed E-state index contributed by atoms with van der Waals surface area (Å²) in [6.07, 6.45) is 11.1. The highest BCUT2D eigenvalue weighted by Crippen LogP contribution is 2.38. The van der Waals surface area contributed by atoms with E-state index in [1.54, 1.807) is 0 Å². The molecule has 0 aliphatic heterocycles. The minimum absolute atomic E-state index is 0.498. The van der Waals surface area contributed by atoms with Crippen LogP contribution in [-0.4, -0.2) is 16.3 Å². The molecule has 3 nitrogen and oxygen atoms in total. The molecule has 1 aromatic rings. The van der Waals surface area contributed by atoms with Crippen molar-refractivity contribution in [2.75, 3.05) is 6.54 Å². The third-order valence-corrected chi connectivity index (χ3v) is 4.38. The van der Waals surface area contributed by atoms with E-state index in [0.29, 0.717) is 6.04 Å². The second-order valence-corrected chi connectivity index (χ2v) is 5.68. The maximum absolute atomic E-state index is 4.33. The highest BCUT2D eigenvalue weighted by molar-refractivity contribution is 5.12. The van der Waals surface area contributed by atoms with Crippen LogP contribution in [0.3, 0.4) is 0 Å². The van der Waals surface area contributed by atoms with Gasteiger partial charge in [0, 0.05) is 24.8 Å². The monoisotopic (exact) mass is 249 g/mol. The van der Waals surface area contributed by atoms with Crippen molar-refractivity contribution in [3.63, 3.8) is 0 Å². The second-order valence-electron chi connectivity index (χ2n) is 5.68. The molecule has 1 aliphatic carbocycles. The normalized spacial score (nSPS) is 26.2. The van der Waals surface area contributed by atoms with Crippen LogP contribution in [0.4, 0.5) is 0 Å². The summed E-state index contributed by atoms with van der Waals surface area (Å²) in [5.74, 6) is 1.72. The predicted molar refractivity (Wildman–Crippen MR) is 75.4 cm³/mol. The van der Waals surface area contributed by atoms with Gasteiger partial charge >= 0.3 is 0 Å². The van der Waals surface area contributed by atoms with Crippen LogP contribution in [-0.2, 0) is 7.05 Å². The molecule has 1 heterocycles. The molecule has 3 heteroatoms. The summed E-state index contributed by atoms with van der Waals surface area (Å²) in [5.41, 5.74) is 1.36. The number of rotatable bonds is 5. The molecule has 1 aliphatic rings. The zero-order valence-electron chi connectivity index (χ0n) is 12.0. The molecule has 18 heavy (non-hydrogen) atoms. The van der Waals surface area contributed by atoms with E-state index >= 15 is 0 Å². The minimum atomic E-state index is 0.498. The van der Waals surface area contributed by atoms with Crippen LogP contribution in [0.25, 0.3) is 0 Å². The Hall–Kier alpha value is -0.830. The summed E-state index contributed by atoms with van der Waals surface area (Å²) >= 11 is 0. The Morgan fingerprint density at radius 1 is 1.44 bits per heavy atom. The number of hydrogen-bond acceptors (Lipinski definition) is 2. The van der Waals surface area contributed by atoms with Crippen molar-refractivity contribution in [1.29, 1.82) is 0 Å². The van der Waals surface area contributed by atoms with Crippen LogP contribution in [0.5, 0.6) is 0 Å². The molecule has 0 radical (unpaired) electrons. The van der Waals surface area contributed by atoms with E-state index in [1.807, 2.05) is 17.9 Å². The molecule has 0 amide bonds. The van der Waals surface area contributed by atoms with E-state index in [-0.39, 0.29) is 0 Å². The molecular formula is C15H27N3. The van der Waals surface area contributed by atoms with Gasteiger partial charge in [-0.25, -0.2) is 0 Å². The van der Waals surface area contributed by atoms with Gasteiger partial charge in [0.1, 0.15) is 0 Å². The molecule has 3 unspecified atom stereocenters. The molecule has 0 spiro atoms. The molecular weight excluding hydrogens is 222 g/mol. The number of nitrogens with zero attached hydrogens (tertiary/aromatic N) is 2. The van der Waals surface area contributed by atoms with Crippen LogP contribution in [0.1, 0.15) is 57.6 Å². The summed E-state index contributed by atoms with van der Waals surface area (Å²) in [5, 5.41) is 8.00. The largest absolute Gasteiger partial charge is 0.310 e. The van der Waals surface area contributed by atoms with Gasteiger partial charge in [0.15, 0.2) is 0 Å². The highest BCUT2D eigenvalue weighted by atomic mass is 15.2. The van der Waals surface area contributed by atoms with Crippen molar-refractivity contribution in [2.45, 2.75) is 52.0 Å². The van der Waals surface area contributed by atoms with Crippen LogP contribution in [0, 0.1) is 11.8 Å². The molecule has 2 rings (SSSR count). The molecule has 0 saturated heterocycles. The minimum Gasteiger partial charge on any atom is -0.310 e. The average molecular weight is 249 g/mol. The fourth-order valence-electron chi connectivity index (χ4n) is 3.38. The molecule has 0 bridgehead atoms. The molecule has 1 saturated carbocycles. The lowest BCUT2D eigenvalue weighted by Crippen LogP contribution is -2.31. The molecule has 3 atom stereocenters. The van der Waals surface area contributed by atoms with Crippen molar-refractivity contribution in [1.82, 2.24) is 15.1 Å². The van der Waals surface area contributed by atoms with Gasteiger partial charge in [0.2, 0.25) is 0 Å². The summed E-state index contributed by atoms with van der Waals surface area (Å²) < 4.78 is 1.92. The molecule has 1 fully saturated rings. The van der Waals surface area contributed by atoms with E-state index in [0.717, 1.165) is 18.4 Å². The van der Waals surface area contributed by atoms with Crippen molar-refractivity contribution in [3.05, 3.63) is 18.0 Å². The van der Waals surface area contributed by atoms with Crippen LogP contribution in [0.15, 0.2) is 12.4 Å². The van der Waals surface area contributed by atoms with E-state index in [1.165, 1.54) is 37.7 Å². The van der Waals surface area contributed by atoms with Crippen molar-refractivity contribution >= 4 is 0 Å². The van der Waals surface area contributed by atoms with Crippen molar-refractivity contribution in [3.8, 4) is 0 Å². The SMILES string of the molecule is CCNC(c1cnn(C)c1)C1CCCC(CC)C1.